The largest absolute Gasteiger partial charge is 0.507 e. The number of halogens is 1. The monoisotopic (exact) mass is 236 g/mol. The van der Waals surface area contributed by atoms with E-state index in [0.717, 1.165) is 0 Å². The average molecular weight is 237 g/mol. The topological polar surface area (TPSA) is 0 Å². The van der Waals surface area contributed by atoms with Crippen LogP contribution >= 0.6 is 12.9 Å². The van der Waals surface area contributed by atoms with Crippen molar-refractivity contribution in [3.63, 3.8) is 0 Å². The Morgan fingerprint density at radius 1 is 1.00 bits per heavy atom. The SMILES string of the molecule is Cc1cc(C)c(C)[c]([Mg][Br])c1C. The third-order valence-corrected chi connectivity index (χ3v) is 5.67. The molecule has 0 aliphatic heterocycles. The fraction of sp³-hybridized carbons (Fsp3) is 0.400. The Bertz CT molecular complexity index is 279. The van der Waals surface area contributed by atoms with E-state index in [2.05, 4.69) is 46.6 Å². The van der Waals surface area contributed by atoms with E-state index in [1.165, 1.54) is 22.3 Å². The Labute approximate surface area is 90.3 Å². The van der Waals surface area contributed by atoms with Crippen molar-refractivity contribution in [2.24, 2.45) is 0 Å². The molecule has 0 unspecified atom stereocenters. The van der Waals surface area contributed by atoms with E-state index in [4.69, 9.17) is 0 Å². The average Bonchev–Trinajstić information content (AvgIpc) is 2.02. The van der Waals surface area contributed by atoms with Crippen LogP contribution in [-0.2, 0) is 0 Å². The molecule has 0 aliphatic carbocycles. The minimum atomic E-state index is -0.197. The molecule has 12 heavy (non-hydrogen) atoms. The maximum Gasteiger partial charge on any atom is 0.507 e. The molecule has 0 heterocycles. The summed E-state index contributed by atoms with van der Waals surface area (Å²) in [5, 5.41) is 0. The first-order valence-corrected chi connectivity index (χ1v) is 8.80. The van der Waals surface area contributed by atoms with Gasteiger partial charge in [-0.2, -0.15) is 0 Å². The minimum Gasteiger partial charge on any atom is -0.296 e. The zero-order chi connectivity index (χ0) is 9.30. The Hall–Kier alpha value is 0.466. The molecule has 0 saturated heterocycles. The summed E-state index contributed by atoms with van der Waals surface area (Å²) in [6, 6.07) is 2.28. The van der Waals surface area contributed by atoms with E-state index in [0.29, 0.717) is 0 Å². The predicted octanol–water partition coefficient (Wildman–Crippen LogP) is 2.56. The summed E-state index contributed by atoms with van der Waals surface area (Å²) in [4.78, 5) is 0. The van der Waals surface area contributed by atoms with Crippen molar-refractivity contribution in [2.45, 2.75) is 27.7 Å². The molecule has 0 saturated carbocycles. The molecule has 0 atom stereocenters. The molecule has 62 valence electrons. The zero-order valence-corrected chi connectivity index (χ0v) is 11.2. The smallest absolute Gasteiger partial charge is 0.296 e. The van der Waals surface area contributed by atoms with Gasteiger partial charge in [-0.05, 0) is 27.7 Å². The fourth-order valence-corrected chi connectivity index (χ4v) is 4.98. The molecule has 0 spiro atoms. The van der Waals surface area contributed by atoms with Gasteiger partial charge in [0.05, 0.1) is 0 Å². The lowest BCUT2D eigenvalue weighted by molar-refractivity contribution is 1.27. The molecular formula is C10H13BrMg. The summed E-state index contributed by atoms with van der Waals surface area (Å²) < 4.78 is 1.59. The van der Waals surface area contributed by atoms with Gasteiger partial charge in [0.2, 0.25) is 0 Å². The molecular weight excluding hydrogens is 224 g/mol. The van der Waals surface area contributed by atoms with Crippen LogP contribution in [0.15, 0.2) is 6.07 Å². The van der Waals surface area contributed by atoms with Crippen LogP contribution in [0.5, 0.6) is 0 Å². The lowest BCUT2D eigenvalue weighted by Crippen LogP contribution is -2.19. The Kier molecular flexibility index (Phi) is 3.62. The number of aryl methyl sites for hydroxylation is 2. The lowest BCUT2D eigenvalue weighted by atomic mass is 10.0. The van der Waals surface area contributed by atoms with Crippen LogP contribution in [0.3, 0.4) is 0 Å². The van der Waals surface area contributed by atoms with Crippen LogP contribution < -0.4 is 3.69 Å². The third kappa shape index (κ3) is 1.86. The van der Waals surface area contributed by atoms with Crippen LogP contribution in [-0.4, -0.2) is 18.2 Å². The first-order valence-electron chi connectivity index (χ1n) is 4.20. The van der Waals surface area contributed by atoms with Crippen molar-refractivity contribution >= 4 is 34.8 Å². The van der Waals surface area contributed by atoms with E-state index >= 15 is 0 Å². The standard InChI is InChI=1S/C10H13.BrH.Mg/c1-7-5-9(3)10(4)6-8(7)2;;/h5H,1-4H3;1H;/q;;+1/p-1. The summed E-state index contributed by atoms with van der Waals surface area (Å²) in [6.07, 6.45) is 0. The van der Waals surface area contributed by atoms with Crippen molar-refractivity contribution in [1.29, 1.82) is 0 Å². The highest BCUT2D eigenvalue weighted by Gasteiger charge is 2.07. The van der Waals surface area contributed by atoms with Gasteiger partial charge in [0.1, 0.15) is 0 Å². The quantitative estimate of drug-likeness (QED) is 0.659. The normalized spacial score (nSPS) is 9.75. The summed E-state index contributed by atoms with van der Waals surface area (Å²) in [5.74, 6) is 0. The first-order chi connectivity index (χ1) is 5.57. The van der Waals surface area contributed by atoms with Crippen molar-refractivity contribution in [3.05, 3.63) is 28.3 Å². The van der Waals surface area contributed by atoms with Gasteiger partial charge in [0.25, 0.3) is 0 Å². The second-order valence-electron chi connectivity index (χ2n) is 3.37. The van der Waals surface area contributed by atoms with Crippen molar-refractivity contribution in [1.82, 2.24) is 0 Å². The Balaban J connectivity index is 3.42. The highest BCUT2D eigenvalue weighted by molar-refractivity contribution is 9.23. The number of rotatable bonds is 1. The van der Waals surface area contributed by atoms with Crippen LogP contribution in [0.4, 0.5) is 0 Å². The third-order valence-electron chi connectivity index (χ3n) is 2.65. The summed E-state index contributed by atoms with van der Waals surface area (Å²) in [6.45, 7) is 8.85. The van der Waals surface area contributed by atoms with Crippen molar-refractivity contribution < 1.29 is 0 Å². The molecule has 0 aliphatic rings. The van der Waals surface area contributed by atoms with Crippen LogP contribution in [0.1, 0.15) is 22.3 Å². The van der Waals surface area contributed by atoms with Gasteiger partial charge in [0, 0.05) is 0 Å². The van der Waals surface area contributed by atoms with Gasteiger partial charge in [0.15, 0.2) is 0 Å². The fourth-order valence-electron chi connectivity index (χ4n) is 1.50. The molecule has 1 aromatic rings. The minimum absolute atomic E-state index is 0.197. The summed E-state index contributed by atoms with van der Waals surface area (Å²) in [5.41, 5.74) is 5.84. The predicted molar refractivity (Wildman–Crippen MR) is 59.7 cm³/mol. The van der Waals surface area contributed by atoms with E-state index < -0.39 is 0 Å². The molecule has 0 N–H and O–H groups in total. The number of benzene rings is 1. The molecule has 0 amide bonds. The molecule has 1 aromatic carbocycles. The van der Waals surface area contributed by atoms with Crippen molar-refractivity contribution in [3.8, 4) is 0 Å². The highest BCUT2D eigenvalue weighted by atomic mass is 79.9. The summed E-state index contributed by atoms with van der Waals surface area (Å²) in [7, 11) is 0. The van der Waals surface area contributed by atoms with Gasteiger partial charge >= 0.3 is 18.2 Å². The highest BCUT2D eigenvalue weighted by Crippen LogP contribution is 2.12. The lowest BCUT2D eigenvalue weighted by Gasteiger charge is -2.13. The molecule has 0 radical (unpaired) electrons. The van der Waals surface area contributed by atoms with Gasteiger partial charge in [-0.25, -0.2) is 0 Å². The summed E-state index contributed by atoms with van der Waals surface area (Å²) >= 11 is 3.47. The van der Waals surface area contributed by atoms with E-state index in [9.17, 15) is 0 Å². The maximum atomic E-state index is 3.67. The van der Waals surface area contributed by atoms with Gasteiger partial charge in [-0.1, -0.05) is 28.3 Å². The molecule has 2 heteroatoms. The molecule has 0 aromatic heterocycles. The molecule has 1 rings (SSSR count). The van der Waals surface area contributed by atoms with E-state index in [1.807, 2.05) is 0 Å². The second-order valence-corrected chi connectivity index (χ2v) is 6.03. The maximum absolute atomic E-state index is 3.67. The molecule has 0 fully saturated rings. The Morgan fingerprint density at radius 3 is 1.75 bits per heavy atom. The van der Waals surface area contributed by atoms with Crippen LogP contribution in [0, 0.1) is 27.7 Å². The van der Waals surface area contributed by atoms with Gasteiger partial charge < -0.3 is 0 Å². The van der Waals surface area contributed by atoms with E-state index in [1.54, 1.807) is 3.69 Å². The number of hydrogen-bond acceptors (Lipinski definition) is 0. The van der Waals surface area contributed by atoms with Gasteiger partial charge in [-0.3, -0.25) is 12.9 Å². The molecule has 0 nitrogen and oxygen atoms in total. The van der Waals surface area contributed by atoms with Crippen LogP contribution in [0.2, 0.25) is 0 Å². The number of hydrogen-bond donors (Lipinski definition) is 0. The Morgan fingerprint density at radius 2 is 1.42 bits per heavy atom. The van der Waals surface area contributed by atoms with E-state index in [-0.39, 0.29) is 18.2 Å². The van der Waals surface area contributed by atoms with Crippen LogP contribution in [0.25, 0.3) is 0 Å². The molecule has 0 bridgehead atoms. The van der Waals surface area contributed by atoms with Crippen molar-refractivity contribution in [2.75, 3.05) is 0 Å². The second kappa shape index (κ2) is 4.12. The zero-order valence-electron chi connectivity index (χ0n) is 8.16. The van der Waals surface area contributed by atoms with Gasteiger partial charge in [-0.15, -0.1) is 3.69 Å². The first kappa shape index (κ1) is 10.5.